The SMILES string of the molecule is CC1(C)OB(c2ccc3cc(OCCn4cccn4)ccc3c2)OC1(C)C. The van der Waals surface area contributed by atoms with Gasteiger partial charge in [0.05, 0.1) is 17.7 Å². The Morgan fingerprint density at radius 3 is 2.41 bits per heavy atom. The van der Waals surface area contributed by atoms with Crippen molar-refractivity contribution in [1.82, 2.24) is 9.78 Å². The van der Waals surface area contributed by atoms with E-state index >= 15 is 0 Å². The molecule has 2 aromatic carbocycles. The van der Waals surface area contributed by atoms with Crippen molar-refractivity contribution in [3.05, 3.63) is 54.9 Å². The summed E-state index contributed by atoms with van der Waals surface area (Å²) in [7, 11) is -0.343. The van der Waals surface area contributed by atoms with E-state index in [4.69, 9.17) is 14.0 Å². The second-order valence-corrected chi connectivity index (χ2v) is 7.97. The number of aromatic nitrogens is 2. The van der Waals surface area contributed by atoms with Gasteiger partial charge in [0.15, 0.2) is 0 Å². The lowest BCUT2D eigenvalue weighted by Gasteiger charge is -2.32. The fraction of sp³-hybridized carbons (Fsp3) is 0.381. The average Bonchev–Trinajstić information content (AvgIpc) is 3.20. The lowest BCUT2D eigenvalue weighted by Crippen LogP contribution is -2.41. The van der Waals surface area contributed by atoms with Gasteiger partial charge in [0.1, 0.15) is 12.4 Å². The number of fused-ring (bicyclic) bond motifs is 1. The van der Waals surface area contributed by atoms with Crippen LogP contribution in [0.25, 0.3) is 10.8 Å². The molecule has 0 aliphatic carbocycles. The van der Waals surface area contributed by atoms with E-state index in [1.807, 2.05) is 23.0 Å². The Morgan fingerprint density at radius 2 is 1.70 bits per heavy atom. The fourth-order valence-electron chi connectivity index (χ4n) is 3.15. The van der Waals surface area contributed by atoms with E-state index in [1.165, 1.54) is 0 Å². The summed E-state index contributed by atoms with van der Waals surface area (Å²) in [4.78, 5) is 0. The lowest BCUT2D eigenvalue weighted by atomic mass is 9.78. The molecule has 0 saturated carbocycles. The summed E-state index contributed by atoms with van der Waals surface area (Å²) in [6.45, 7) is 9.59. The van der Waals surface area contributed by atoms with E-state index in [1.54, 1.807) is 6.20 Å². The number of ether oxygens (including phenoxy) is 1. The van der Waals surface area contributed by atoms with Crippen LogP contribution in [0.1, 0.15) is 27.7 Å². The predicted octanol–water partition coefficient (Wildman–Crippen LogP) is 3.41. The van der Waals surface area contributed by atoms with Crippen LogP contribution in [0.4, 0.5) is 0 Å². The second-order valence-electron chi connectivity index (χ2n) is 7.97. The zero-order valence-corrected chi connectivity index (χ0v) is 16.3. The standard InChI is InChI=1S/C21H25BN2O3/c1-20(2)21(3,4)27-22(26-20)18-8-6-17-15-19(9-7-16(17)14-18)25-13-12-24-11-5-10-23-24/h5-11,14-15H,12-13H2,1-4H3. The molecule has 0 unspecified atom stereocenters. The van der Waals surface area contributed by atoms with Crippen LogP contribution in [0.15, 0.2) is 54.9 Å². The molecule has 0 bridgehead atoms. The first kappa shape index (κ1) is 18.1. The molecular weight excluding hydrogens is 339 g/mol. The van der Waals surface area contributed by atoms with E-state index in [0.29, 0.717) is 6.61 Å². The molecule has 1 aliphatic rings. The van der Waals surface area contributed by atoms with Crippen molar-refractivity contribution in [2.75, 3.05) is 6.61 Å². The first-order valence-corrected chi connectivity index (χ1v) is 9.34. The quantitative estimate of drug-likeness (QED) is 0.651. The average molecular weight is 364 g/mol. The Bertz CT molecular complexity index is 922. The van der Waals surface area contributed by atoms with Gasteiger partial charge in [-0.1, -0.05) is 24.3 Å². The van der Waals surface area contributed by atoms with Crippen molar-refractivity contribution in [3.8, 4) is 5.75 Å². The molecule has 1 fully saturated rings. The van der Waals surface area contributed by atoms with E-state index in [0.717, 1.165) is 28.5 Å². The van der Waals surface area contributed by atoms with Gasteiger partial charge in [-0.25, -0.2) is 0 Å². The van der Waals surface area contributed by atoms with E-state index in [2.05, 4.69) is 63.1 Å². The number of benzene rings is 2. The summed E-state index contributed by atoms with van der Waals surface area (Å²) >= 11 is 0. The zero-order valence-electron chi connectivity index (χ0n) is 16.3. The molecule has 2 heterocycles. The molecule has 1 aliphatic heterocycles. The van der Waals surface area contributed by atoms with E-state index in [-0.39, 0.29) is 18.3 Å². The Hall–Kier alpha value is -2.31. The van der Waals surface area contributed by atoms with Crippen molar-refractivity contribution >= 4 is 23.4 Å². The normalized spacial score (nSPS) is 18.1. The van der Waals surface area contributed by atoms with Gasteiger partial charge in [-0.2, -0.15) is 5.10 Å². The summed E-state index contributed by atoms with van der Waals surface area (Å²) in [5.74, 6) is 0.859. The molecule has 0 amide bonds. The third kappa shape index (κ3) is 3.60. The van der Waals surface area contributed by atoms with Crippen molar-refractivity contribution in [3.63, 3.8) is 0 Å². The molecule has 0 radical (unpaired) electrons. The molecule has 1 saturated heterocycles. The Balaban J connectivity index is 1.47. The van der Waals surface area contributed by atoms with E-state index in [9.17, 15) is 0 Å². The smallest absolute Gasteiger partial charge is 0.492 e. The van der Waals surface area contributed by atoms with Crippen LogP contribution < -0.4 is 10.2 Å². The number of hydrogen-bond acceptors (Lipinski definition) is 4. The molecule has 1 aromatic heterocycles. The second kappa shape index (κ2) is 6.70. The van der Waals surface area contributed by atoms with Crippen LogP contribution in [0.2, 0.25) is 0 Å². The van der Waals surface area contributed by atoms with Gasteiger partial charge in [-0.3, -0.25) is 4.68 Å². The minimum Gasteiger partial charge on any atom is -0.492 e. The highest BCUT2D eigenvalue weighted by molar-refractivity contribution is 6.62. The number of nitrogens with zero attached hydrogens (tertiary/aromatic N) is 2. The highest BCUT2D eigenvalue weighted by Gasteiger charge is 2.51. The van der Waals surface area contributed by atoms with Gasteiger partial charge in [0.25, 0.3) is 0 Å². The van der Waals surface area contributed by atoms with Crippen LogP contribution in [-0.2, 0) is 15.9 Å². The van der Waals surface area contributed by atoms with Crippen LogP contribution in [0, 0.1) is 0 Å². The Kier molecular flexibility index (Phi) is 4.48. The topological polar surface area (TPSA) is 45.5 Å². The van der Waals surface area contributed by atoms with Gasteiger partial charge in [-0.05, 0) is 62.1 Å². The maximum Gasteiger partial charge on any atom is 0.494 e. The van der Waals surface area contributed by atoms with Gasteiger partial charge < -0.3 is 14.0 Å². The zero-order chi connectivity index (χ0) is 19.1. The molecule has 0 atom stereocenters. The van der Waals surface area contributed by atoms with E-state index < -0.39 is 0 Å². The fourth-order valence-corrected chi connectivity index (χ4v) is 3.15. The lowest BCUT2D eigenvalue weighted by molar-refractivity contribution is 0.00578. The number of hydrogen-bond donors (Lipinski definition) is 0. The monoisotopic (exact) mass is 364 g/mol. The maximum absolute atomic E-state index is 6.16. The van der Waals surface area contributed by atoms with Crippen LogP contribution in [-0.4, -0.2) is 34.7 Å². The van der Waals surface area contributed by atoms with Crippen molar-refractivity contribution in [2.45, 2.75) is 45.4 Å². The minimum absolute atomic E-state index is 0.334. The summed E-state index contributed by atoms with van der Waals surface area (Å²) in [6.07, 6.45) is 3.70. The molecular formula is C21H25BN2O3. The minimum atomic E-state index is -0.343. The first-order valence-electron chi connectivity index (χ1n) is 9.34. The summed E-state index contributed by atoms with van der Waals surface area (Å²) in [5, 5.41) is 6.45. The van der Waals surface area contributed by atoms with Crippen molar-refractivity contribution in [2.24, 2.45) is 0 Å². The van der Waals surface area contributed by atoms with Gasteiger partial charge in [0.2, 0.25) is 0 Å². The van der Waals surface area contributed by atoms with Gasteiger partial charge in [0, 0.05) is 12.4 Å². The molecule has 0 N–H and O–H groups in total. The van der Waals surface area contributed by atoms with Crippen LogP contribution >= 0.6 is 0 Å². The molecule has 140 valence electrons. The summed E-state index contributed by atoms with van der Waals surface area (Å²) in [5.41, 5.74) is 0.367. The Labute approximate surface area is 160 Å². The van der Waals surface area contributed by atoms with Crippen LogP contribution in [0.3, 0.4) is 0 Å². The third-order valence-electron chi connectivity index (χ3n) is 5.51. The molecule has 6 heteroatoms. The Morgan fingerprint density at radius 1 is 1.00 bits per heavy atom. The van der Waals surface area contributed by atoms with Crippen LogP contribution in [0.5, 0.6) is 5.75 Å². The first-order chi connectivity index (χ1) is 12.8. The summed E-state index contributed by atoms with van der Waals surface area (Å²) in [6, 6.07) is 14.3. The predicted molar refractivity (Wildman–Crippen MR) is 107 cm³/mol. The highest BCUT2D eigenvalue weighted by Crippen LogP contribution is 2.36. The molecule has 27 heavy (non-hydrogen) atoms. The van der Waals surface area contributed by atoms with Crippen molar-refractivity contribution in [1.29, 1.82) is 0 Å². The molecule has 0 spiro atoms. The number of rotatable bonds is 5. The molecule has 4 rings (SSSR count). The van der Waals surface area contributed by atoms with Gasteiger partial charge in [-0.15, -0.1) is 0 Å². The summed E-state index contributed by atoms with van der Waals surface area (Å²) < 4.78 is 20.0. The van der Waals surface area contributed by atoms with Crippen molar-refractivity contribution < 1.29 is 14.0 Å². The third-order valence-corrected chi connectivity index (χ3v) is 5.51. The molecule has 5 nitrogen and oxygen atoms in total. The molecule has 3 aromatic rings. The van der Waals surface area contributed by atoms with Gasteiger partial charge >= 0.3 is 7.12 Å². The highest BCUT2D eigenvalue weighted by atomic mass is 16.7. The maximum atomic E-state index is 6.16. The largest absolute Gasteiger partial charge is 0.494 e.